The van der Waals surface area contributed by atoms with E-state index >= 15 is 0 Å². The molecule has 2 heterocycles. The minimum atomic E-state index is -0.177. The first-order valence-corrected chi connectivity index (χ1v) is 8.86. The maximum Gasteiger partial charge on any atom is 0.225 e. The molecule has 5 nitrogen and oxygen atoms in total. The Morgan fingerprint density at radius 1 is 0.885 bits per heavy atom. The van der Waals surface area contributed by atoms with Gasteiger partial charge in [-0.1, -0.05) is 29.3 Å². The van der Waals surface area contributed by atoms with E-state index < -0.39 is 0 Å². The molecular weight excluding hydrogens is 369 g/mol. The number of benzene rings is 1. The summed E-state index contributed by atoms with van der Waals surface area (Å²) in [6.07, 6.45) is 1.74. The van der Waals surface area contributed by atoms with Crippen molar-refractivity contribution in [3.63, 3.8) is 0 Å². The molecule has 0 aliphatic heterocycles. The molecule has 0 fully saturated rings. The highest BCUT2D eigenvalue weighted by atomic mass is 35.5. The van der Waals surface area contributed by atoms with Crippen LogP contribution < -0.4 is 10.6 Å². The second-order valence-electron chi connectivity index (χ2n) is 6.81. The molecule has 0 spiro atoms. The summed E-state index contributed by atoms with van der Waals surface area (Å²) in [4.78, 5) is 13.5. The Kier molecular flexibility index (Phi) is 5.30. The average Bonchev–Trinajstić information content (AvgIpc) is 2.57. The van der Waals surface area contributed by atoms with Gasteiger partial charge in [-0.2, -0.15) is 4.98 Å². The van der Waals surface area contributed by atoms with Crippen molar-refractivity contribution in [2.75, 3.05) is 10.6 Å². The van der Waals surface area contributed by atoms with Gasteiger partial charge in [0.15, 0.2) is 0 Å². The molecule has 3 aromatic rings. The van der Waals surface area contributed by atoms with E-state index in [-0.39, 0.29) is 5.54 Å². The van der Waals surface area contributed by atoms with Gasteiger partial charge in [0, 0.05) is 23.5 Å². The highest BCUT2D eigenvalue weighted by Crippen LogP contribution is 2.28. The van der Waals surface area contributed by atoms with Gasteiger partial charge in [-0.15, -0.1) is 0 Å². The van der Waals surface area contributed by atoms with E-state index in [1.165, 1.54) is 0 Å². The Morgan fingerprint density at radius 3 is 2.35 bits per heavy atom. The molecule has 0 bridgehead atoms. The van der Waals surface area contributed by atoms with E-state index in [0.29, 0.717) is 21.8 Å². The van der Waals surface area contributed by atoms with Crippen LogP contribution in [-0.2, 0) is 0 Å². The molecule has 2 N–H and O–H groups in total. The third-order valence-corrected chi connectivity index (χ3v) is 4.07. The van der Waals surface area contributed by atoms with Crippen LogP contribution in [0.25, 0.3) is 11.4 Å². The lowest BCUT2D eigenvalue weighted by Gasteiger charge is -2.21. The average molecular weight is 388 g/mol. The quantitative estimate of drug-likeness (QED) is 0.592. The number of nitrogens with zero attached hydrogens (tertiary/aromatic N) is 3. The zero-order chi connectivity index (χ0) is 18.7. The van der Waals surface area contributed by atoms with Crippen LogP contribution in [0.2, 0.25) is 10.0 Å². The van der Waals surface area contributed by atoms with Crippen LogP contribution in [0.5, 0.6) is 0 Å². The molecule has 0 saturated carbocycles. The predicted octanol–water partition coefficient (Wildman–Crippen LogP) is 5.80. The minimum absolute atomic E-state index is 0.177. The van der Waals surface area contributed by atoms with Gasteiger partial charge < -0.3 is 10.6 Å². The summed E-state index contributed by atoms with van der Waals surface area (Å²) in [5.41, 5.74) is 2.09. The third-order valence-electron chi connectivity index (χ3n) is 3.33. The van der Waals surface area contributed by atoms with Gasteiger partial charge in [-0.3, -0.25) is 4.98 Å². The molecule has 134 valence electrons. The van der Waals surface area contributed by atoms with Crippen molar-refractivity contribution < 1.29 is 0 Å². The number of rotatable bonds is 4. The predicted molar refractivity (Wildman–Crippen MR) is 108 cm³/mol. The fourth-order valence-corrected chi connectivity index (χ4v) is 2.57. The summed E-state index contributed by atoms with van der Waals surface area (Å²) in [6, 6.07) is 12.9. The van der Waals surface area contributed by atoms with Crippen LogP contribution in [-0.4, -0.2) is 20.5 Å². The fourth-order valence-electron chi connectivity index (χ4n) is 2.27. The van der Waals surface area contributed by atoms with Crippen molar-refractivity contribution in [2.45, 2.75) is 26.3 Å². The van der Waals surface area contributed by atoms with E-state index in [2.05, 4.69) is 46.4 Å². The van der Waals surface area contributed by atoms with Gasteiger partial charge >= 0.3 is 0 Å². The number of halogens is 2. The van der Waals surface area contributed by atoms with Gasteiger partial charge in [0.05, 0.1) is 21.4 Å². The first-order valence-electron chi connectivity index (χ1n) is 8.11. The van der Waals surface area contributed by atoms with E-state index in [1.54, 1.807) is 18.3 Å². The second-order valence-corrected chi connectivity index (χ2v) is 7.62. The number of anilines is 3. The number of pyridine rings is 1. The number of hydrogen-bond donors (Lipinski definition) is 2. The van der Waals surface area contributed by atoms with Crippen LogP contribution in [0.15, 0.2) is 48.7 Å². The topological polar surface area (TPSA) is 62.7 Å². The first-order chi connectivity index (χ1) is 12.3. The molecule has 2 aromatic heterocycles. The molecular formula is C19H19Cl2N5. The van der Waals surface area contributed by atoms with Gasteiger partial charge in [0.1, 0.15) is 5.82 Å². The van der Waals surface area contributed by atoms with Crippen LogP contribution >= 0.6 is 23.2 Å². The Hall–Kier alpha value is -2.37. The Bertz CT molecular complexity index is 908. The van der Waals surface area contributed by atoms with Gasteiger partial charge in [0.25, 0.3) is 0 Å². The maximum absolute atomic E-state index is 6.10. The van der Waals surface area contributed by atoms with Crippen molar-refractivity contribution in [3.05, 3.63) is 58.7 Å². The highest BCUT2D eigenvalue weighted by Gasteiger charge is 2.14. The second kappa shape index (κ2) is 7.48. The van der Waals surface area contributed by atoms with Gasteiger partial charge in [-0.25, -0.2) is 4.98 Å². The molecule has 1 aromatic carbocycles. The van der Waals surface area contributed by atoms with Gasteiger partial charge in [-0.05, 0) is 51.1 Å². The molecule has 0 saturated heterocycles. The van der Waals surface area contributed by atoms with E-state index in [9.17, 15) is 0 Å². The van der Waals surface area contributed by atoms with Crippen molar-refractivity contribution >= 4 is 40.7 Å². The van der Waals surface area contributed by atoms with Crippen LogP contribution in [0.3, 0.4) is 0 Å². The lowest BCUT2D eigenvalue weighted by molar-refractivity contribution is 0.626. The lowest BCUT2D eigenvalue weighted by atomic mass is 10.1. The largest absolute Gasteiger partial charge is 0.350 e. The number of hydrogen-bond acceptors (Lipinski definition) is 5. The number of nitrogens with one attached hydrogen (secondary N) is 2. The van der Waals surface area contributed by atoms with E-state index in [1.807, 2.05) is 30.3 Å². The SMILES string of the molecule is CC(C)(C)Nc1nc(Nc2ccc(Cl)c(Cl)c2)cc(-c2ccccn2)n1. The molecule has 0 atom stereocenters. The van der Waals surface area contributed by atoms with E-state index in [4.69, 9.17) is 23.2 Å². The summed E-state index contributed by atoms with van der Waals surface area (Å²) < 4.78 is 0. The van der Waals surface area contributed by atoms with Crippen LogP contribution in [0, 0.1) is 0 Å². The lowest BCUT2D eigenvalue weighted by Crippen LogP contribution is -2.27. The Balaban J connectivity index is 2.00. The maximum atomic E-state index is 6.10. The molecule has 26 heavy (non-hydrogen) atoms. The highest BCUT2D eigenvalue weighted by molar-refractivity contribution is 6.42. The van der Waals surface area contributed by atoms with Crippen LogP contribution in [0.1, 0.15) is 20.8 Å². The molecule has 3 rings (SSSR count). The normalized spacial score (nSPS) is 11.3. The van der Waals surface area contributed by atoms with Crippen molar-refractivity contribution in [1.82, 2.24) is 15.0 Å². The smallest absolute Gasteiger partial charge is 0.225 e. The zero-order valence-electron chi connectivity index (χ0n) is 14.7. The van der Waals surface area contributed by atoms with Crippen molar-refractivity contribution in [2.24, 2.45) is 0 Å². The molecule has 0 aliphatic carbocycles. The molecule has 7 heteroatoms. The zero-order valence-corrected chi connectivity index (χ0v) is 16.2. The number of aromatic nitrogens is 3. The van der Waals surface area contributed by atoms with Gasteiger partial charge in [0.2, 0.25) is 5.95 Å². The molecule has 0 aliphatic rings. The monoisotopic (exact) mass is 387 g/mol. The summed E-state index contributed by atoms with van der Waals surface area (Å²) in [5.74, 6) is 1.15. The Morgan fingerprint density at radius 2 is 1.69 bits per heavy atom. The minimum Gasteiger partial charge on any atom is -0.350 e. The van der Waals surface area contributed by atoms with Crippen molar-refractivity contribution in [1.29, 1.82) is 0 Å². The summed E-state index contributed by atoms with van der Waals surface area (Å²) in [5, 5.41) is 7.53. The molecule has 0 amide bonds. The third kappa shape index (κ3) is 4.84. The van der Waals surface area contributed by atoms with Crippen LogP contribution in [0.4, 0.5) is 17.5 Å². The molecule has 0 unspecified atom stereocenters. The van der Waals surface area contributed by atoms with E-state index in [0.717, 1.165) is 17.1 Å². The van der Waals surface area contributed by atoms with Crippen molar-refractivity contribution in [3.8, 4) is 11.4 Å². The summed E-state index contributed by atoms with van der Waals surface area (Å²) in [7, 11) is 0. The summed E-state index contributed by atoms with van der Waals surface area (Å²) >= 11 is 12.1. The molecule has 0 radical (unpaired) electrons. The first kappa shape index (κ1) is 18.4. The summed E-state index contributed by atoms with van der Waals surface area (Å²) in [6.45, 7) is 6.15. The standard InChI is InChI=1S/C19H19Cl2N5/c1-19(2,3)26-18-24-16(15-6-4-5-9-22-15)11-17(25-18)23-12-7-8-13(20)14(21)10-12/h4-11H,1-3H3,(H2,23,24,25,26). The fraction of sp³-hybridized carbons (Fsp3) is 0.211. The Labute approximate surface area is 162 Å².